The van der Waals surface area contributed by atoms with Crippen molar-refractivity contribution in [1.29, 1.82) is 0 Å². The first-order chi connectivity index (χ1) is 19.0. The van der Waals surface area contributed by atoms with Crippen molar-refractivity contribution in [2.75, 3.05) is 26.7 Å². The molecule has 1 amide bonds. The average molecular weight is 590 g/mol. The second kappa shape index (κ2) is 9.74. The number of alkyl halides is 3. The van der Waals surface area contributed by atoms with Gasteiger partial charge in [0.1, 0.15) is 11.3 Å². The largest absolute Gasteiger partial charge is 0.497 e. The van der Waals surface area contributed by atoms with Gasteiger partial charge in [-0.25, -0.2) is 9.50 Å². The number of hydrogen-bond donors (Lipinski definition) is 0. The number of aromatic nitrogens is 3. The van der Waals surface area contributed by atoms with Crippen LogP contribution in [0.25, 0.3) is 16.9 Å². The molecule has 1 saturated heterocycles. The number of thiophene rings is 1. The molecule has 0 radical (unpaired) electrons. The Morgan fingerprint density at radius 3 is 2.48 bits per heavy atom. The minimum absolute atomic E-state index is 0.0444. The van der Waals surface area contributed by atoms with E-state index in [-0.39, 0.29) is 40.0 Å². The summed E-state index contributed by atoms with van der Waals surface area (Å²) >= 11 is 8.12. The van der Waals surface area contributed by atoms with E-state index in [0.29, 0.717) is 30.9 Å². The molecule has 2 aliphatic rings. The molecule has 0 unspecified atom stereocenters. The van der Waals surface area contributed by atoms with Crippen molar-refractivity contribution in [1.82, 2.24) is 24.4 Å². The molecular weight excluding hydrogens is 563 g/mol. The Bertz CT molecular complexity index is 1600. The lowest BCUT2D eigenvalue weighted by Crippen LogP contribution is -2.56. The summed E-state index contributed by atoms with van der Waals surface area (Å²) in [5.41, 5.74) is -0.573. The van der Waals surface area contributed by atoms with Gasteiger partial charge >= 0.3 is 6.18 Å². The Hall–Kier alpha value is -3.15. The van der Waals surface area contributed by atoms with Crippen molar-refractivity contribution in [3.05, 3.63) is 68.6 Å². The zero-order valence-corrected chi connectivity index (χ0v) is 23.7. The van der Waals surface area contributed by atoms with Crippen LogP contribution in [0.2, 0.25) is 5.02 Å². The predicted octanol–water partition coefficient (Wildman–Crippen LogP) is 6.28. The van der Waals surface area contributed by atoms with E-state index >= 15 is 0 Å². The summed E-state index contributed by atoms with van der Waals surface area (Å²) in [6.07, 6.45) is -1.48. The highest BCUT2D eigenvalue weighted by atomic mass is 35.5. The van der Waals surface area contributed by atoms with Crippen LogP contribution in [0, 0.1) is 6.92 Å². The first kappa shape index (κ1) is 27.0. The van der Waals surface area contributed by atoms with Crippen molar-refractivity contribution in [3.63, 3.8) is 0 Å². The van der Waals surface area contributed by atoms with Crippen LogP contribution in [0.1, 0.15) is 46.3 Å². The molecule has 4 heterocycles. The van der Waals surface area contributed by atoms with Crippen LogP contribution in [0.15, 0.2) is 41.9 Å². The van der Waals surface area contributed by atoms with Crippen LogP contribution in [0.4, 0.5) is 13.2 Å². The third-order valence-electron chi connectivity index (χ3n) is 8.00. The number of methoxy groups -OCH3 is 1. The number of benzene rings is 1. The number of piperazine rings is 1. The van der Waals surface area contributed by atoms with Crippen molar-refractivity contribution >= 4 is 34.5 Å². The van der Waals surface area contributed by atoms with E-state index in [1.54, 1.807) is 40.5 Å². The van der Waals surface area contributed by atoms with Crippen LogP contribution in [-0.4, -0.2) is 63.1 Å². The van der Waals surface area contributed by atoms with Gasteiger partial charge in [-0.15, -0.1) is 11.3 Å². The van der Waals surface area contributed by atoms with E-state index < -0.39 is 11.9 Å². The Balaban J connectivity index is 1.35. The fourth-order valence-electron chi connectivity index (χ4n) is 5.82. The number of fused-ring (bicyclic) bond motifs is 1. The number of nitrogens with zero attached hydrogens (tertiary/aromatic N) is 5. The molecule has 6 rings (SSSR count). The number of carbonyl (C=O) groups excluding carboxylic acids is 1. The highest BCUT2D eigenvalue weighted by molar-refractivity contribution is 7.10. The average Bonchev–Trinajstić information content (AvgIpc) is 3.43. The summed E-state index contributed by atoms with van der Waals surface area (Å²) in [5.74, 6) is 0.188. The molecule has 40 heavy (non-hydrogen) atoms. The van der Waals surface area contributed by atoms with Gasteiger partial charge in [0, 0.05) is 41.7 Å². The maximum absolute atomic E-state index is 14.3. The molecule has 1 saturated carbocycles. The molecular formula is C28H27ClF3N5O2S. The van der Waals surface area contributed by atoms with E-state index in [0.717, 1.165) is 27.3 Å². The molecule has 1 atom stereocenters. The van der Waals surface area contributed by atoms with E-state index in [4.69, 9.17) is 16.3 Å². The Kier molecular flexibility index (Phi) is 6.59. The molecule has 7 nitrogen and oxygen atoms in total. The summed E-state index contributed by atoms with van der Waals surface area (Å²) in [5, 5.41) is 6.77. The summed E-state index contributed by atoms with van der Waals surface area (Å²) in [4.78, 5) is 23.6. The topological polar surface area (TPSA) is 63.0 Å². The second-order valence-electron chi connectivity index (χ2n) is 10.4. The minimum Gasteiger partial charge on any atom is -0.497 e. The maximum atomic E-state index is 14.3. The van der Waals surface area contributed by atoms with Crippen molar-refractivity contribution < 1.29 is 22.7 Å². The minimum atomic E-state index is -4.71. The highest BCUT2D eigenvalue weighted by Crippen LogP contribution is 2.55. The van der Waals surface area contributed by atoms with Crippen LogP contribution in [0.5, 0.6) is 5.75 Å². The molecule has 1 aliphatic carbocycles. The molecule has 1 aromatic carbocycles. The van der Waals surface area contributed by atoms with Gasteiger partial charge in [0.05, 0.1) is 29.6 Å². The lowest BCUT2D eigenvalue weighted by molar-refractivity contribution is -0.143. The zero-order chi connectivity index (χ0) is 28.4. The van der Waals surface area contributed by atoms with Crippen LogP contribution in [0.3, 0.4) is 0 Å². The molecule has 0 N–H and O–H groups in total. The molecule has 1 aliphatic heterocycles. The smallest absolute Gasteiger partial charge is 0.433 e. The molecule has 0 bridgehead atoms. The molecule has 4 aromatic rings. The molecule has 3 aromatic heterocycles. The number of amides is 1. The monoisotopic (exact) mass is 589 g/mol. The Morgan fingerprint density at radius 2 is 1.90 bits per heavy atom. The standard InChI is InChI=1S/C28H27ClF3N5O2S/c1-16-15-35(27(9-10-27)24-21(29)8-13-40-24)11-12-36(16)26(38)20-14-33-37-23(28(30,31)32)17(2)22(34-25(20)37)18-4-6-19(39-3)7-5-18/h4-8,13-14,16H,9-12,15H2,1-3H3/t16-/m1/s1. The predicted molar refractivity (Wildman–Crippen MR) is 147 cm³/mol. The van der Waals surface area contributed by atoms with Crippen LogP contribution < -0.4 is 4.74 Å². The fourth-order valence-corrected chi connectivity index (χ4v) is 7.34. The summed E-state index contributed by atoms with van der Waals surface area (Å²) < 4.78 is 48.9. The van der Waals surface area contributed by atoms with Gasteiger partial charge in [-0.3, -0.25) is 9.69 Å². The molecule has 210 valence electrons. The van der Waals surface area contributed by atoms with Gasteiger partial charge in [-0.2, -0.15) is 18.3 Å². The number of ether oxygens (including phenoxy) is 1. The number of carbonyl (C=O) groups is 1. The van der Waals surface area contributed by atoms with E-state index in [9.17, 15) is 18.0 Å². The highest BCUT2D eigenvalue weighted by Gasteiger charge is 2.53. The SMILES string of the molecule is COc1ccc(-c2nc3c(C(=O)N4CCN(C5(c6sccc6Cl)CC5)C[C@H]4C)cnn3c(C(F)(F)F)c2C)cc1. The third kappa shape index (κ3) is 4.35. The lowest BCUT2D eigenvalue weighted by Gasteiger charge is -2.43. The molecule has 2 fully saturated rings. The third-order valence-corrected chi connectivity index (χ3v) is 9.54. The fraction of sp³-hybridized carbons (Fsp3) is 0.393. The molecule has 12 heteroatoms. The first-order valence-electron chi connectivity index (χ1n) is 12.9. The van der Waals surface area contributed by atoms with Gasteiger partial charge in [0.2, 0.25) is 0 Å². The second-order valence-corrected chi connectivity index (χ2v) is 11.7. The van der Waals surface area contributed by atoms with Crippen LogP contribution >= 0.6 is 22.9 Å². The number of rotatable bonds is 5. The normalized spacial score (nSPS) is 19.3. The van der Waals surface area contributed by atoms with Gasteiger partial charge in [-0.05, 0) is 62.4 Å². The number of hydrogen-bond acceptors (Lipinski definition) is 6. The van der Waals surface area contributed by atoms with Gasteiger partial charge in [-0.1, -0.05) is 11.6 Å². The van der Waals surface area contributed by atoms with E-state index in [1.807, 2.05) is 18.4 Å². The summed E-state index contributed by atoms with van der Waals surface area (Å²) in [6, 6.07) is 8.37. The van der Waals surface area contributed by atoms with Crippen molar-refractivity contribution in [2.45, 2.75) is 44.4 Å². The number of halogens is 4. The maximum Gasteiger partial charge on any atom is 0.433 e. The lowest BCUT2D eigenvalue weighted by atomic mass is 10.0. The van der Waals surface area contributed by atoms with E-state index in [1.165, 1.54) is 20.2 Å². The quantitative estimate of drug-likeness (QED) is 0.274. The Labute approximate surface area is 238 Å². The van der Waals surface area contributed by atoms with Gasteiger partial charge < -0.3 is 9.64 Å². The first-order valence-corrected chi connectivity index (χ1v) is 14.2. The van der Waals surface area contributed by atoms with Crippen molar-refractivity contribution in [2.24, 2.45) is 0 Å². The zero-order valence-electron chi connectivity index (χ0n) is 22.1. The molecule has 0 spiro atoms. The van der Waals surface area contributed by atoms with Crippen LogP contribution in [-0.2, 0) is 11.7 Å². The summed E-state index contributed by atoms with van der Waals surface area (Å²) in [6.45, 7) is 5.04. The van der Waals surface area contributed by atoms with Gasteiger partial charge in [0.15, 0.2) is 11.3 Å². The Morgan fingerprint density at radius 1 is 1.18 bits per heavy atom. The van der Waals surface area contributed by atoms with Crippen molar-refractivity contribution in [3.8, 4) is 17.0 Å². The summed E-state index contributed by atoms with van der Waals surface area (Å²) in [7, 11) is 1.51. The van der Waals surface area contributed by atoms with E-state index in [2.05, 4.69) is 15.0 Å². The van der Waals surface area contributed by atoms with Gasteiger partial charge in [0.25, 0.3) is 5.91 Å².